The van der Waals surface area contributed by atoms with Crippen LogP contribution in [-0.4, -0.2) is 12.1 Å². The second-order valence-electron chi connectivity index (χ2n) is 10.8. The van der Waals surface area contributed by atoms with Crippen molar-refractivity contribution in [2.75, 3.05) is 11.4 Å². The Balaban J connectivity index is 1.82. The number of fused-ring (bicyclic) bond motifs is 1. The first-order valence-corrected chi connectivity index (χ1v) is 11.5. The van der Waals surface area contributed by atoms with Gasteiger partial charge in [-0.1, -0.05) is 95.3 Å². The Morgan fingerprint density at radius 1 is 0.733 bits per heavy atom. The van der Waals surface area contributed by atoms with Crippen LogP contribution in [0.1, 0.15) is 83.4 Å². The minimum Gasteiger partial charge on any atom is -0.365 e. The van der Waals surface area contributed by atoms with Gasteiger partial charge in [0.05, 0.1) is 0 Å². The van der Waals surface area contributed by atoms with E-state index in [0.29, 0.717) is 11.8 Å². The van der Waals surface area contributed by atoms with E-state index in [1.807, 2.05) is 0 Å². The molecular formula is C29H37N. The summed E-state index contributed by atoms with van der Waals surface area (Å²) in [6.07, 6.45) is 1.16. The molecule has 0 bridgehead atoms. The van der Waals surface area contributed by atoms with Gasteiger partial charge in [-0.05, 0) is 59.6 Å². The lowest BCUT2D eigenvalue weighted by Crippen LogP contribution is -2.39. The summed E-state index contributed by atoms with van der Waals surface area (Å²) >= 11 is 0. The molecule has 0 N–H and O–H groups in total. The summed E-state index contributed by atoms with van der Waals surface area (Å²) in [6, 6.07) is 22.7. The average Bonchev–Trinajstić information content (AvgIpc) is 2.96. The summed E-state index contributed by atoms with van der Waals surface area (Å²) in [5, 5.41) is 2.67. The monoisotopic (exact) mass is 399 g/mol. The molecule has 1 heterocycles. The van der Waals surface area contributed by atoms with Gasteiger partial charge in [-0.25, -0.2) is 0 Å². The predicted octanol–water partition coefficient (Wildman–Crippen LogP) is 8.03. The van der Waals surface area contributed by atoms with Crippen molar-refractivity contribution in [3.05, 3.63) is 77.4 Å². The maximum absolute atomic E-state index is 2.73. The molecule has 3 aromatic rings. The lowest BCUT2D eigenvalue weighted by molar-refractivity contribution is 0.444. The Morgan fingerprint density at radius 2 is 1.33 bits per heavy atom. The topological polar surface area (TPSA) is 3.24 Å². The van der Waals surface area contributed by atoms with Gasteiger partial charge in [-0.3, -0.25) is 0 Å². The Kier molecular flexibility index (Phi) is 5.21. The Hall–Kier alpha value is -2.28. The van der Waals surface area contributed by atoms with Crippen LogP contribution in [-0.2, 0) is 5.41 Å². The first kappa shape index (κ1) is 21.0. The second-order valence-corrected chi connectivity index (χ2v) is 10.8. The van der Waals surface area contributed by atoms with Crippen molar-refractivity contribution in [1.29, 1.82) is 0 Å². The summed E-state index contributed by atoms with van der Waals surface area (Å²) < 4.78 is 0. The molecule has 1 aliphatic heterocycles. The van der Waals surface area contributed by atoms with Crippen LogP contribution in [0.25, 0.3) is 10.8 Å². The number of anilines is 1. The van der Waals surface area contributed by atoms with E-state index < -0.39 is 0 Å². The molecule has 1 heteroatoms. The first-order valence-electron chi connectivity index (χ1n) is 11.5. The van der Waals surface area contributed by atoms with Gasteiger partial charge in [0.2, 0.25) is 0 Å². The van der Waals surface area contributed by atoms with E-state index in [9.17, 15) is 0 Å². The Morgan fingerprint density at radius 3 is 1.93 bits per heavy atom. The Labute approximate surface area is 183 Å². The summed E-state index contributed by atoms with van der Waals surface area (Å²) in [5.41, 5.74) is 6.15. The fourth-order valence-electron chi connectivity index (χ4n) is 5.63. The highest BCUT2D eigenvalue weighted by atomic mass is 15.2. The van der Waals surface area contributed by atoms with Crippen LogP contribution in [0.4, 0.5) is 5.69 Å². The van der Waals surface area contributed by atoms with Gasteiger partial charge in [-0.2, -0.15) is 0 Å². The molecule has 0 radical (unpaired) electrons. The van der Waals surface area contributed by atoms with Crippen LogP contribution in [0.2, 0.25) is 0 Å². The summed E-state index contributed by atoms with van der Waals surface area (Å²) in [5.74, 6) is 1.03. The molecule has 1 aliphatic rings. The lowest BCUT2D eigenvalue weighted by atomic mass is 9.77. The quantitative estimate of drug-likeness (QED) is 0.429. The summed E-state index contributed by atoms with van der Waals surface area (Å²) in [4.78, 5) is 2.73. The third-order valence-electron chi connectivity index (χ3n) is 7.12. The minimum absolute atomic E-state index is 0.106. The van der Waals surface area contributed by atoms with Crippen LogP contribution < -0.4 is 4.90 Å². The first-order chi connectivity index (χ1) is 14.1. The van der Waals surface area contributed by atoms with E-state index in [1.54, 1.807) is 0 Å². The van der Waals surface area contributed by atoms with Crippen molar-refractivity contribution in [2.45, 2.75) is 77.7 Å². The molecule has 0 spiro atoms. The number of benzene rings is 3. The van der Waals surface area contributed by atoms with Crippen molar-refractivity contribution in [3.8, 4) is 0 Å². The third-order valence-corrected chi connectivity index (χ3v) is 7.12. The number of para-hydroxylation sites is 1. The number of hydrogen-bond acceptors (Lipinski definition) is 1. The largest absolute Gasteiger partial charge is 0.365 e. The summed E-state index contributed by atoms with van der Waals surface area (Å²) in [7, 11) is 0. The lowest BCUT2D eigenvalue weighted by Gasteiger charge is -2.38. The molecule has 1 saturated heterocycles. The highest BCUT2D eigenvalue weighted by Gasteiger charge is 2.47. The van der Waals surface area contributed by atoms with Crippen LogP contribution in [0.3, 0.4) is 0 Å². The molecule has 1 nitrogen and oxygen atoms in total. The standard InChI is InChI=1S/C29H37N/c1-20(2)25-13-10-14-26(21(3)4)27(25)30-19-29(7,18-28(30,5)6)24-16-15-22-11-8-9-12-23(22)17-24/h8-17,20-21H,18-19H2,1-7H3/t29-/m0/s1. The van der Waals surface area contributed by atoms with E-state index >= 15 is 0 Å². The van der Waals surface area contributed by atoms with Crippen LogP contribution in [0.5, 0.6) is 0 Å². The predicted molar refractivity (Wildman–Crippen MR) is 132 cm³/mol. The number of nitrogens with zero attached hydrogens (tertiary/aromatic N) is 1. The van der Waals surface area contributed by atoms with Crippen molar-refractivity contribution in [1.82, 2.24) is 0 Å². The molecule has 0 aliphatic carbocycles. The van der Waals surface area contributed by atoms with Crippen LogP contribution in [0, 0.1) is 0 Å². The molecule has 0 saturated carbocycles. The van der Waals surface area contributed by atoms with Gasteiger partial charge < -0.3 is 4.90 Å². The van der Waals surface area contributed by atoms with Gasteiger partial charge >= 0.3 is 0 Å². The van der Waals surface area contributed by atoms with Gasteiger partial charge in [0.25, 0.3) is 0 Å². The molecule has 1 fully saturated rings. The minimum atomic E-state index is 0.106. The van der Waals surface area contributed by atoms with Gasteiger partial charge in [0.15, 0.2) is 0 Å². The van der Waals surface area contributed by atoms with E-state index in [2.05, 4.69) is 114 Å². The van der Waals surface area contributed by atoms with Gasteiger partial charge in [-0.15, -0.1) is 0 Å². The molecule has 0 amide bonds. The smallest absolute Gasteiger partial charge is 0.0441 e. The summed E-state index contributed by atoms with van der Waals surface area (Å²) in [6.45, 7) is 17.7. The van der Waals surface area contributed by atoms with Crippen molar-refractivity contribution in [3.63, 3.8) is 0 Å². The van der Waals surface area contributed by atoms with E-state index in [-0.39, 0.29) is 11.0 Å². The maximum Gasteiger partial charge on any atom is 0.0441 e. The van der Waals surface area contributed by atoms with Gasteiger partial charge in [0.1, 0.15) is 0 Å². The molecule has 4 rings (SSSR count). The average molecular weight is 400 g/mol. The zero-order valence-corrected chi connectivity index (χ0v) is 19.8. The second kappa shape index (κ2) is 7.45. The van der Waals surface area contributed by atoms with Crippen LogP contribution in [0.15, 0.2) is 60.7 Å². The third kappa shape index (κ3) is 3.53. The van der Waals surface area contributed by atoms with Gasteiger partial charge in [0, 0.05) is 23.2 Å². The molecular weight excluding hydrogens is 362 g/mol. The molecule has 1 atom stereocenters. The van der Waals surface area contributed by atoms with Crippen molar-refractivity contribution in [2.24, 2.45) is 0 Å². The number of rotatable bonds is 4. The Bertz CT molecular complexity index is 1030. The highest BCUT2D eigenvalue weighted by molar-refractivity contribution is 5.83. The zero-order chi connectivity index (χ0) is 21.7. The van der Waals surface area contributed by atoms with E-state index in [4.69, 9.17) is 0 Å². The molecule has 0 aromatic heterocycles. The molecule has 3 aromatic carbocycles. The maximum atomic E-state index is 2.73. The van der Waals surface area contributed by atoms with E-state index in [1.165, 1.54) is 33.2 Å². The van der Waals surface area contributed by atoms with Crippen molar-refractivity contribution >= 4 is 16.5 Å². The van der Waals surface area contributed by atoms with Crippen LogP contribution >= 0.6 is 0 Å². The normalized spacial score (nSPS) is 21.2. The molecule has 158 valence electrons. The van der Waals surface area contributed by atoms with Crippen molar-refractivity contribution < 1.29 is 0 Å². The number of hydrogen-bond donors (Lipinski definition) is 0. The highest BCUT2D eigenvalue weighted by Crippen LogP contribution is 2.49. The van der Waals surface area contributed by atoms with E-state index in [0.717, 1.165) is 13.0 Å². The fourth-order valence-corrected chi connectivity index (χ4v) is 5.63. The molecule has 0 unspecified atom stereocenters. The fraction of sp³-hybridized carbons (Fsp3) is 0.448. The SMILES string of the molecule is CC(C)c1cccc(C(C)C)c1N1C[C@@](C)(c2ccc3ccccc3c2)CC1(C)C. The zero-order valence-electron chi connectivity index (χ0n) is 19.8. The molecule has 30 heavy (non-hydrogen) atoms.